The molecule has 0 unspecified atom stereocenters. The summed E-state index contributed by atoms with van der Waals surface area (Å²) in [5.74, 6) is -0.310. The monoisotopic (exact) mass is 427 g/mol. The van der Waals surface area contributed by atoms with Crippen LogP contribution in [0.15, 0.2) is 79.1 Å². The minimum absolute atomic E-state index is 0.0803. The molecule has 0 aliphatic carbocycles. The van der Waals surface area contributed by atoms with E-state index in [1.54, 1.807) is 16.8 Å². The Morgan fingerprint density at radius 3 is 2.44 bits per heavy atom. The van der Waals surface area contributed by atoms with Gasteiger partial charge in [0.25, 0.3) is 0 Å². The highest BCUT2D eigenvalue weighted by Gasteiger charge is 2.11. The molecule has 0 atom stereocenters. The predicted molar refractivity (Wildman–Crippen MR) is 124 cm³/mol. The molecule has 6 nitrogen and oxygen atoms in total. The summed E-state index contributed by atoms with van der Waals surface area (Å²) < 4.78 is 7.82. The first-order valence-corrected chi connectivity index (χ1v) is 10.4. The van der Waals surface area contributed by atoms with Gasteiger partial charge in [0.2, 0.25) is 0 Å². The molecule has 4 rings (SSSR count). The molecule has 3 aromatic carbocycles. The Bertz CT molecular complexity index is 1250. The molecule has 0 saturated carbocycles. The van der Waals surface area contributed by atoms with Crippen LogP contribution >= 0.6 is 0 Å². The molecule has 0 amide bonds. The summed E-state index contributed by atoms with van der Waals surface area (Å²) in [6.45, 7) is 0.792. The molecule has 0 radical (unpaired) electrons. The van der Waals surface area contributed by atoms with Crippen LogP contribution in [-0.4, -0.2) is 20.9 Å². The molecule has 0 aliphatic rings. The molecule has 4 aromatic rings. The van der Waals surface area contributed by atoms with E-state index in [0.29, 0.717) is 24.5 Å². The lowest BCUT2D eigenvalue weighted by Crippen LogP contribution is -2.04. The number of hydrogen-bond donors (Lipinski definition) is 2. The highest BCUT2D eigenvalue weighted by Crippen LogP contribution is 2.30. The van der Waals surface area contributed by atoms with Crippen molar-refractivity contribution in [3.05, 3.63) is 95.8 Å². The lowest BCUT2D eigenvalue weighted by atomic mass is 9.96. The zero-order valence-electron chi connectivity index (χ0n) is 17.9. The molecule has 6 heteroatoms. The quantitative estimate of drug-likeness (QED) is 0.434. The third kappa shape index (κ3) is 5.04. The Labute approximate surface area is 186 Å². The summed E-state index contributed by atoms with van der Waals surface area (Å²) in [5, 5.41) is 13.5. The fraction of sp³-hybridized carbons (Fsp3) is 0.154. The number of nitrogens with zero attached hydrogens (tertiary/aromatic N) is 2. The van der Waals surface area contributed by atoms with Crippen molar-refractivity contribution in [1.29, 1.82) is 0 Å². The lowest BCUT2D eigenvalue weighted by Gasteiger charge is -2.13. The Kier molecular flexibility index (Phi) is 6.33. The first kappa shape index (κ1) is 21.3. The summed E-state index contributed by atoms with van der Waals surface area (Å²) in [7, 11) is 1.89. The third-order valence-electron chi connectivity index (χ3n) is 5.24. The van der Waals surface area contributed by atoms with Gasteiger partial charge in [-0.3, -0.25) is 9.48 Å². The number of aliphatic carboxylic acids is 1. The van der Waals surface area contributed by atoms with E-state index in [4.69, 9.17) is 10.5 Å². The first-order chi connectivity index (χ1) is 15.5. The highest BCUT2D eigenvalue weighted by molar-refractivity contribution is 5.74. The number of carbonyl (C=O) groups is 1. The van der Waals surface area contributed by atoms with E-state index in [1.165, 1.54) is 0 Å². The molecule has 0 bridgehead atoms. The number of aromatic nitrogens is 2. The number of nitrogens with two attached hydrogens (primary N) is 1. The third-order valence-corrected chi connectivity index (χ3v) is 5.24. The average Bonchev–Trinajstić information content (AvgIpc) is 3.24. The Morgan fingerprint density at radius 1 is 0.969 bits per heavy atom. The molecule has 1 aromatic heterocycles. The second-order valence-electron chi connectivity index (χ2n) is 7.69. The molecule has 32 heavy (non-hydrogen) atoms. The number of aryl methyl sites for hydroxylation is 1. The van der Waals surface area contributed by atoms with Gasteiger partial charge in [-0.1, -0.05) is 36.4 Å². The van der Waals surface area contributed by atoms with Crippen molar-refractivity contribution >= 4 is 5.97 Å². The van der Waals surface area contributed by atoms with Crippen LogP contribution in [0.1, 0.15) is 16.7 Å². The van der Waals surface area contributed by atoms with E-state index in [1.807, 2.05) is 43.7 Å². The summed E-state index contributed by atoms with van der Waals surface area (Å²) in [6, 6.07) is 21.7. The predicted octanol–water partition coefficient (Wildman–Crippen LogP) is 4.42. The van der Waals surface area contributed by atoms with Crippen LogP contribution in [0.4, 0.5) is 0 Å². The van der Waals surface area contributed by atoms with Gasteiger partial charge in [0, 0.05) is 30.9 Å². The molecule has 0 fully saturated rings. The van der Waals surface area contributed by atoms with Gasteiger partial charge in [-0.2, -0.15) is 5.10 Å². The van der Waals surface area contributed by atoms with E-state index in [-0.39, 0.29) is 6.42 Å². The molecule has 3 N–H and O–H groups in total. The molecule has 0 saturated heterocycles. The van der Waals surface area contributed by atoms with Crippen molar-refractivity contribution in [2.45, 2.75) is 19.6 Å². The summed E-state index contributed by atoms with van der Waals surface area (Å²) >= 11 is 0. The number of carboxylic acids is 1. The zero-order valence-corrected chi connectivity index (χ0v) is 17.9. The van der Waals surface area contributed by atoms with Crippen molar-refractivity contribution in [3.8, 4) is 28.0 Å². The number of carboxylic acid groups (broad SMARTS) is 1. The smallest absolute Gasteiger partial charge is 0.307 e. The Balaban J connectivity index is 1.69. The number of ether oxygens (including phenoxy) is 1. The van der Waals surface area contributed by atoms with E-state index in [0.717, 1.165) is 33.4 Å². The van der Waals surface area contributed by atoms with Crippen molar-refractivity contribution in [1.82, 2.24) is 9.78 Å². The maximum absolute atomic E-state index is 11.2. The van der Waals surface area contributed by atoms with Gasteiger partial charge in [-0.25, -0.2) is 0 Å². The van der Waals surface area contributed by atoms with E-state index in [9.17, 15) is 9.90 Å². The van der Waals surface area contributed by atoms with Crippen molar-refractivity contribution in [2.75, 3.05) is 0 Å². The van der Waals surface area contributed by atoms with Crippen LogP contribution in [0, 0.1) is 0 Å². The Hall–Kier alpha value is -3.90. The topological polar surface area (TPSA) is 90.4 Å². The first-order valence-electron chi connectivity index (χ1n) is 10.4. The standard InChI is InChI=1S/C26H25N3O3/c1-29-16-24(15-28-29)23-11-19(10-22(12-23)20-7-4-5-18(9-20)14-27)17-32-25-8-3-2-6-21(25)13-26(30)31/h2-12,15-16H,13-14,17,27H2,1H3,(H,30,31). The zero-order chi connectivity index (χ0) is 22.5. The number of rotatable bonds is 8. The molecular weight excluding hydrogens is 402 g/mol. The minimum atomic E-state index is -0.887. The van der Waals surface area contributed by atoms with Crippen LogP contribution in [0.3, 0.4) is 0 Å². The molecular formula is C26H25N3O3. The maximum atomic E-state index is 11.2. The van der Waals surface area contributed by atoms with Crippen LogP contribution in [-0.2, 0) is 31.4 Å². The number of para-hydroxylation sites is 1. The fourth-order valence-electron chi connectivity index (χ4n) is 3.67. The van der Waals surface area contributed by atoms with E-state index < -0.39 is 5.97 Å². The second-order valence-corrected chi connectivity index (χ2v) is 7.69. The SMILES string of the molecule is Cn1cc(-c2cc(COc3ccccc3CC(=O)O)cc(-c3cccc(CN)c3)c2)cn1. The Morgan fingerprint density at radius 2 is 1.72 bits per heavy atom. The molecule has 1 heterocycles. The van der Waals surface area contributed by atoms with Crippen LogP contribution in [0.2, 0.25) is 0 Å². The summed E-state index contributed by atoms with van der Waals surface area (Å²) in [6.07, 6.45) is 3.73. The maximum Gasteiger partial charge on any atom is 0.307 e. The molecule has 0 spiro atoms. The van der Waals surface area contributed by atoms with Gasteiger partial charge in [-0.05, 0) is 58.1 Å². The van der Waals surface area contributed by atoms with Gasteiger partial charge in [0.1, 0.15) is 12.4 Å². The van der Waals surface area contributed by atoms with Gasteiger partial charge in [-0.15, -0.1) is 0 Å². The molecule has 0 aliphatic heterocycles. The van der Waals surface area contributed by atoms with Crippen molar-refractivity contribution in [3.63, 3.8) is 0 Å². The number of benzene rings is 3. The lowest BCUT2D eigenvalue weighted by molar-refractivity contribution is -0.136. The van der Waals surface area contributed by atoms with Gasteiger partial charge < -0.3 is 15.6 Å². The number of hydrogen-bond acceptors (Lipinski definition) is 4. The van der Waals surface area contributed by atoms with Crippen LogP contribution in [0.25, 0.3) is 22.3 Å². The summed E-state index contributed by atoms with van der Waals surface area (Å²) in [4.78, 5) is 11.2. The average molecular weight is 428 g/mol. The van der Waals surface area contributed by atoms with Crippen LogP contribution in [0.5, 0.6) is 5.75 Å². The minimum Gasteiger partial charge on any atom is -0.489 e. The fourth-order valence-corrected chi connectivity index (χ4v) is 3.67. The van der Waals surface area contributed by atoms with Gasteiger partial charge in [0.15, 0.2) is 0 Å². The van der Waals surface area contributed by atoms with Crippen molar-refractivity contribution in [2.24, 2.45) is 12.8 Å². The van der Waals surface area contributed by atoms with Gasteiger partial charge >= 0.3 is 5.97 Å². The van der Waals surface area contributed by atoms with E-state index >= 15 is 0 Å². The normalized spacial score (nSPS) is 10.8. The van der Waals surface area contributed by atoms with Crippen LogP contribution < -0.4 is 10.5 Å². The van der Waals surface area contributed by atoms with Gasteiger partial charge in [0.05, 0.1) is 12.6 Å². The second kappa shape index (κ2) is 9.49. The highest BCUT2D eigenvalue weighted by atomic mass is 16.5. The van der Waals surface area contributed by atoms with Crippen molar-refractivity contribution < 1.29 is 14.6 Å². The largest absolute Gasteiger partial charge is 0.489 e. The van der Waals surface area contributed by atoms with E-state index in [2.05, 4.69) is 35.4 Å². The molecule has 162 valence electrons. The summed E-state index contributed by atoms with van der Waals surface area (Å²) in [5.41, 5.74) is 12.7.